The van der Waals surface area contributed by atoms with Crippen LogP contribution in [-0.2, 0) is 6.42 Å². The maximum absolute atomic E-state index is 13.1. The van der Waals surface area contributed by atoms with Crippen molar-refractivity contribution in [3.63, 3.8) is 0 Å². The van der Waals surface area contributed by atoms with Crippen LogP contribution in [0.15, 0.2) is 44.7 Å². The predicted octanol–water partition coefficient (Wildman–Crippen LogP) is 5.05. The molecule has 0 radical (unpaired) electrons. The van der Waals surface area contributed by atoms with E-state index in [1.54, 1.807) is 31.5 Å². The monoisotopic (exact) mass is 477 g/mol. The van der Waals surface area contributed by atoms with Gasteiger partial charge in [-0.15, -0.1) is 0 Å². The molecule has 0 atom stereocenters. The smallest absolute Gasteiger partial charge is 0.282 e. The Hall–Kier alpha value is -2.38. The second-order valence-electron chi connectivity index (χ2n) is 6.26. The number of fused-ring (bicyclic) bond motifs is 1. The van der Waals surface area contributed by atoms with Gasteiger partial charge < -0.3 is 9.47 Å². The SMILES string of the molecule is CCCc1nc2ccc(Br)cc2c(=O)n1N=Cc1cc(Cl)cc(OC)c1OCC. The van der Waals surface area contributed by atoms with Gasteiger partial charge in [0.05, 0.1) is 30.8 Å². The van der Waals surface area contributed by atoms with Crippen LogP contribution < -0.4 is 15.0 Å². The van der Waals surface area contributed by atoms with E-state index >= 15 is 0 Å². The lowest BCUT2D eigenvalue weighted by molar-refractivity contribution is 0.310. The lowest BCUT2D eigenvalue weighted by Gasteiger charge is -2.13. The van der Waals surface area contributed by atoms with E-state index in [9.17, 15) is 4.79 Å². The molecule has 0 aliphatic rings. The summed E-state index contributed by atoms with van der Waals surface area (Å²) in [6.07, 6.45) is 3.00. The van der Waals surface area contributed by atoms with Crippen LogP contribution in [0.4, 0.5) is 0 Å². The van der Waals surface area contributed by atoms with E-state index in [1.807, 2.05) is 26.0 Å². The van der Waals surface area contributed by atoms with Crippen LogP contribution in [0.1, 0.15) is 31.7 Å². The third-order valence-electron chi connectivity index (χ3n) is 4.22. The molecule has 152 valence electrons. The highest BCUT2D eigenvalue weighted by atomic mass is 79.9. The summed E-state index contributed by atoms with van der Waals surface area (Å²) in [5.74, 6) is 1.61. The van der Waals surface area contributed by atoms with Crippen molar-refractivity contribution in [3.8, 4) is 11.5 Å². The van der Waals surface area contributed by atoms with Crippen LogP contribution in [0.25, 0.3) is 10.9 Å². The number of methoxy groups -OCH3 is 1. The second-order valence-corrected chi connectivity index (χ2v) is 7.61. The molecule has 0 aliphatic heterocycles. The first kappa shape index (κ1) is 21.3. The minimum atomic E-state index is -0.233. The summed E-state index contributed by atoms with van der Waals surface area (Å²) in [6.45, 7) is 4.36. The molecule has 1 aromatic heterocycles. The van der Waals surface area contributed by atoms with Crippen LogP contribution in [0.3, 0.4) is 0 Å². The Kier molecular flexibility index (Phi) is 6.92. The van der Waals surface area contributed by atoms with E-state index in [0.29, 0.717) is 51.8 Å². The minimum Gasteiger partial charge on any atom is -0.493 e. The highest BCUT2D eigenvalue weighted by molar-refractivity contribution is 9.10. The van der Waals surface area contributed by atoms with Crippen molar-refractivity contribution in [2.24, 2.45) is 5.10 Å². The third-order valence-corrected chi connectivity index (χ3v) is 4.93. The zero-order valence-corrected chi connectivity index (χ0v) is 18.7. The Morgan fingerprint density at radius 1 is 1.28 bits per heavy atom. The normalized spacial score (nSPS) is 11.3. The fourth-order valence-corrected chi connectivity index (χ4v) is 3.53. The zero-order chi connectivity index (χ0) is 21.0. The van der Waals surface area contributed by atoms with Crippen LogP contribution in [0.5, 0.6) is 11.5 Å². The van der Waals surface area contributed by atoms with E-state index in [0.717, 1.165) is 10.9 Å². The largest absolute Gasteiger partial charge is 0.493 e. The molecule has 0 fully saturated rings. The Balaban J connectivity index is 2.18. The number of nitrogens with zero attached hydrogens (tertiary/aromatic N) is 3. The molecular weight excluding hydrogens is 458 g/mol. The molecule has 8 heteroatoms. The predicted molar refractivity (Wildman–Crippen MR) is 120 cm³/mol. The van der Waals surface area contributed by atoms with Crippen LogP contribution in [0, 0.1) is 0 Å². The first-order valence-electron chi connectivity index (χ1n) is 9.24. The van der Waals surface area contributed by atoms with Crippen molar-refractivity contribution in [2.75, 3.05) is 13.7 Å². The topological polar surface area (TPSA) is 65.7 Å². The van der Waals surface area contributed by atoms with Gasteiger partial charge in [-0.3, -0.25) is 4.79 Å². The molecule has 0 bridgehead atoms. The van der Waals surface area contributed by atoms with E-state index in [4.69, 9.17) is 21.1 Å². The summed E-state index contributed by atoms with van der Waals surface area (Å²) in [4.78, 5) is 17.7. The third kappa shape index (κ3) is 4.62. The van der Waals surface area contributed by atoms with E-state index in [2.05, 4.69) is 26.0 Å². The van der Waals surface area contributed by atoms with E-state index in [1.165, 1.54) is 4.68 Å². The lowest BCUT2D eigenvalue weighted by Crippen LogP contribution is -2.22. The van der Waals surface area contributed by atoms with Gasteiger partial charge in [0.1, 0.15) is 5.82 Å². The molecule has 0 N–H and O–H groups in total. The molecule has 0 spiro atoms. The molecular formula is C21H21BrClN3O3. The summed E-state index contributed by atoms with van der Waals surface area (Å²) in [7, 11) is 1.55. The fraction of sp³-hybridized carbons (Fsp3) is 0.286. The van der Waals surface area contributed by atoms with Gasteiger partial charge in [-0.25, -0.2) is 4.98 Å². The molecule has 0 amide bonds. The summed E-state index contributed by atoms with van der Waals surface area (Å²) in [6, 6.07) is 8.83. The Morgan fingerprint density at radius 3 is 2.76 bits per heavy atom. The van der Waals surface area contributed by atoms with Crippen LogP contribution >= 0.6 is 27.5 Å². The maximum atomic E-state index is 13.1. The van der Waals surface area contributed by atoms with Gasteiger partial charge in [-0.2, -0.15) is 9.78 Å². The Bertz CT molecular complexity index is 1130. The molecule has 6 nitrogen and oxygen atoms in total. The van der Waals surface area contributed by atoms with Gasteiger partial charge in [0.15, 0.2) is 11.5 Å². The van der Waals surface area contributed by atoms with E-state index < -0.39 is 0 Å². The van der Waals surface area contributed by atoms with Crippen LogP contribution in [0.2, 0.25) is 5.02 Å². The molecule has 0 aliphatic carbocycles. The molecule has 1 heterocycles. The van der Waals surface area contributed by atoms with Crippen molar-refractivity contribution in [3.05, 3.63) is 61.6 Å². The van der Waals surface area contributed by atoms with Crippen molar-refractivity contribution in [1.82, 2.24) is 9.66 Å². The van der Waals surface area contributed by atoms with Gasteiger partial charge in [0, 0.05) is 27.5 Å². The highest BCUT2D eigenvalue weighted by Gasteiger charge is 2.13. The molecule has 0 saturated heterocycles. The summed E-state index contributed by atoms with van der Waals surface area (Å²) >= 11 is 9.61. The number of rotatable bonds is 7. The minimum absolute atomic E-state index is 0.233. The zero-order valence-electron chi connectivity index (χ0n) is 16.4. The standard InChI is InChI=1S/C21H21BrClN3O3/c1-4-6-19-25-17-8-7-14(22)10-16(17)21(27)26(19)24-12-13-9-15(23)11-18(28-3)20(13)29-5-2/h7-12H,4-6H2,1-3H3. The van der Waals surface area contributed by atoms with Gasteiger partial charge in [-0.05, 0) is 37.6 Å². The lowest BCUT2D eigenvalue weighted by atomic mass is 10.2. The first-order chi connectivity index (χ1) is 14.0. The second kappa shape index (κ2) is 9.41. The van der Waals surface area contributed by atoms with E-state index in [-0.39, 0.29) is 5.56 Å². The number of aryl methyl sites for hydroxylation is 1. The molecule has 0 saturated carbocycles. The molecule has 0 unspecified atom stereocenters. The van der Waals surface area contributed by atoms with Crippen LogP contribution in [-0.4, -0.2) is 29.6 Å². The van der Waals surface area contributed by atoms with Gasteiger partial charge in [-0.1, -0.05) is 34.5 Å². The number of halogens is 2. The first-order valence-corrected chi connectivity index (χ1v) is 10.4. The molecule has 3 rings (SSSR count). The number of hydrogen-bond donors (Lipinski definition) is 0. The van der Waals surface area contributed by atoms with Gasteiger partial charge in [0.25, 0.3) is 5.56 Å². The fourth-order valence-electron chi connectivity index (χ4n) is 2.95. The van der Waals surface area contributed by atoms with Gasteiger partial charge in [0.2, 0.25) is 0 Å². The molecule has 29 heavy (non-hydrogen) atoms. The average molecular weight is 479 g/mol. The van der Waals surface area contributed by atoms with Crippen molar-refractivity contribution in [2.45, 2.75) is 26.7 Å². The molecule has 3 aromatic rings. The highest BCUT2D eigenvalue weighted by Crippen LogP contribution is 2.34. The van der Waals surface area contributed by atoms with Gasteiger partial charge >= 0.3 is 0 Å². The number of hydrogen-bond acceptors (Lipinski definition) is 5. The quantitative estimate of drug-likeness (QED) is 0.446. The Labute approximate surface area is 182 Å². The summed E-state index contributed by atoms with van der Waals surface area (Å²) in [5, 5.41) is 5.41. The number of ether oxygens (including phenoxy) is 2. The maximum Gasteiger partial charge on any atom is 0.282 e. The average Bonchev–Trinajstić information content (AvgIpc) is 2.70. The Morgan fingerprint density at radius 2 is 2.07 bits per heavy atom. The van der Waals surface area contributed by atoms with Crippen molar-refractivity contribution >= 4 is 44.6 Å². The summed E-state index contributed by atoms with van der Waals surface area (Å²) < 4.78 is 13.2. The molecule has 2 aromatic carbocycles. The number of benzene rings is 2. The van der Waals surface area contributed by atoms with Crippen molar-refractivity contribution in [1.29, 1.82) is 0 Å². The summed E-state index contributed by atoms with van der Waals surface area (Å²) in [5.41, 5.74) is 1.02. The van der Waals surface area contributed by atoms with Crippen molar-refractivity contribution < 1.29 is 9.47 Å². The number of aromatic nitrogens is 2.